The molecular weight excluding hydrogens is 372 g/mol. The van der Waals surface area contributed by atoms with Crippen molar-refractivity contribution in [3.05, 3.63) is 24.3 Å². The van der Waals surface area contributed by atoms with Crippen LogP contribution in [-0.4, -0.2) is 87.6 Å². The van der Waals surface area contributed by atoms with Gasteiger partial charge in [-0.25, -0.2) is 14.8 Å². The molecule has 2 saturated heterocycles. The van der Waals surface area contributed by atoms with Gasteiger partial charge in [-0.1, -0.05) is 0 Å². The Morgan fingerprint density at radius 3 is 2.69 bits per heavy atom. The van der Waals surface area contributed by atoms with E-state index in [-0.39, 0.29) is 23.9 Å². The lowest BCUT2D eigenvalue weighted by Gasteiger charge is -2.46. The number of nitriles is 1. The summed E-state index contributed by atoms with van der Waals surface area (Å²) < 4.78 is 6.93. The van der Waals surface area contributed by atoms with Crippen LogP contribution in [0.4, 0.5) is 10.6 Å². The van der Waals surface area contributed by atoms with Crippen LogP contribution in [0.1, 0.15) is 12.6 Å². The van der Waals surface area contributed by atoms with Crippen LogP contribution < -0.4 is 4.90 Å². The summed E-state index contributed by atoms with van der Waals surface area (Å²) in [6.07, 6.45) is 5.26. The van der Waals surface area contributed by atoms with Crippen molar-refractivity contribution in [1.82, 2.24) is 29.5 Å². The van der Waals surface area contributed by atoms with Crippen LogP contribution >= 0.6 is 0 Å². The minimum absolute atomic E-state index is 0.0390. The van der Waals surface area contributed by atoms with Crippen LogP contribution in [0.3, 0.4) is 0 Å². The maximum absolute atomic E-state index is 12.7. The highest BCUT2D eigenvalue weighted by Gasteiger charge is 2.37. The predicted molar refractivity (Wildman–Crippen MR) is 105 cm³/mol. The Labute approximate surface area is 169 Å². The number of rotatable bonds is 3. The number of urea groups is 1. The molecule has 2 aliphatic rings. The molecule has 10 heteroatoms. The highest BCUT2D eigenvalue weighted by molar-refractivity contribution is 5.76. The van der Waals surface area contributed by atoms with Crippen molar-refractivity contribution < 1.29 is 9.53 Å². The van der Waals surface area contributed by atoms with E-state index in [4.69, 9.17) is 9.72 Å². The molecule has 2 aliphatic heterocycles. The van der Waals surface area contributed by atoms with Crippen LogP contribution in [0.5, 0.6) is 0 Å². The van der Waals surface area contributed by atoms with Crippen LogP contribution in [-0.2, 0) is 11.8 Å². The van der Waals surface area contributed by atoms with Gasteiger partial charge >= 0.3 is 6.03 Å². The number of amides is 2. The van der Waals surface area contributed by atoms with Crippen LogP contribution in [0.2, 0.25) is 0 Å². The quantitative estimate of drug-likeness (QED) is 0.753. The fourth-order valence-electron chi connectivity index (χ4n) is 3.73. The summed E-state index contributed by atoms with van der Waals surface area (Å²) in [6, 6.07) is 2.20. The minimum atomic E-state index is 0.0390. The lowest BCUT2D eigenvalue weighted by molar-refractivity contribution is -0.0182. The maximum Gasteiger partial charge on any atom is 0.320 e. The van der Waals surface area contributed by atoms with Gasteiger partial charge in [-0.3, -0.25) is 4.68 Å². The molecule has 10 nitrogen and oxygen atoms in total. The van der Waals surface area contributed by atoms with Crippen molar-refractivity contribution in [3.8, 4) is 17.3 Å². The van der Waals surface area contributed by atoms with Crippen molar-refractivity contribution in [1.29, 1.82) is 5.26 Å². The summed E-state index contributed by atoms with van der Waals surface area (Å²) in [6.45, 7) is 5.26. The van der Waals surface area contributed by atoms with Gasteiger partial charge in [0, 0.05) is 51.6 Å². The van der Waals surface area contributed by atoms with Crippen molar-refractivity contribution >= 4 is 11.8 Å². The van der Waals surface area contributed by atoms with Gasteiger partial charge in [0.05, 0.1) is 31.6 Å². The van der Waals surface area contributed by atoms with E-state index >= 15 is 0 Å². The van der Waals surface area contributed by atoms with Gasteiger partial charge in [-0.15, -0.1) is 0 Å². The topological polar surface area (TPSA) is 103 Å². The standard InChI is InChI=1S/C19H24N8O2/c1-13-9-25(4-5-27(13)19(28)26-11-15(12-26)29-3)17-8-21-16(6-20)18(23-17)14-7-22-24(2)10-14/h7-8,10,13,15H,4-5,9,11-12H2,1-3H3/t13-/m1/s1. The summed E-state index contributed by atoms with van der Waals surface area (Å²) >= 11 is 0. The van der Waals surface area contributed by atoms with Gasteiger partial charge in [0.15, 0.2) is 5.69 Å². The number of hydrogen-bond donors (Lipinski definition) is 0. The molecule has 0 unspecified atom stereocenters. The number of hydrogen-bond acceptors (Lipinski definition) is 7. The Bertz CT molecular complexity index is 946. The van der Waals surface area contributed by atoms with Crippen molar-refractivity contribution in [2.24, 2.45) is 7.05 Å². The van der Waals surface area contributed by atoms with Crippen LogP contribution in [0, 0.1) is 11.3 Å². The van der Waals surface area contributed by atoms with E-state index in [1.165, 1.54) is 0 Å². The third-order valence-electron chi connectivity index (χ3n) is 5.49. The lowest BCUT2D eigenvalue weighted by atomic mass is 10.1. The average Bonchev–Trinajstić information content (AvgIpc) is 3.12. The summed E-state index contributed by atoms with van der Waals surface area (Å²) in [7, 11) is 3.49. The van der Waals surface area contributed by atoms with Gasteiger partial charge in [0.1, 0.15) is 17.6 Å². The largest absolute Gasteiger partial charge is 0.378 e. The molecule has 1 atom stereocenters. The molecular formula is C19H24N8O2. The minimum Gasteiger partial charge on any atom is -0.378 e. The van der Waals surface area contributed by atoms with Gasteiger partial charge in [-0.2, -0.15) is 10.4 Å². The second-order valence-corrected chi connectivity index (χ2v) is 7.47. The summed E-state index contributed by atoms with van der Waals surface area (Å²) in [5.41, 5.74) is 1.55. The third-order valence-corrected chi connectivity index (χ3v) is 5.49. The van der Waals surface area contributed by atoms with Crippen LogP contribution in [0.15, 0.2) is 18.6 Å². The number of anilines is 1. The summed E-state index contributed by atoms with van der Waals surface area (Å²) in [4.78, 5) is 27.6. The molecule has 0 spiro atoms. The molecule has 0 bridgehead atoms. The first-order valence-corrected chi connectivity index (χ1v) is 9.59. The van der Waals surface area contributed by atoms with E-state index in [2.05, 4.69) is 21.1 Å². The number of aryl methyl sites for hydroxylation is 1. The van der Waals surface area contributed by atoms with Crippen molar-refractivity contribution in [2.75, 3.05) is 44.7 Å². The maximum atomic E-state index is 12.7. The van der Waals surface area contributed by atoms with Gasteiger partial charge in [-0.05, 0) is 6.92 Å². The fraction of sp³-hybridized carbons (Fsp3) is 0.526. The van der Waals surface area contributed by atoms with E-state index in [9.17, 15) is 10.1 Å². The van der Waals surface area contributed by atoms with Gasteiger partial charge in [0.2, 0.25) is 0 Å². The van der Waals surface area contributed by atoms with Crippen LogP contribution in [0.25, 0.3) is 11.3 Å². The van der Waals surface area contributed by atoms with E-state index in [0.717, 1.165) is 5.56 Å². The van der Waals surface area contributed by atoms with Crippen molar-refractivity contribution in [3.63, 3.8) is 0 Å². The zero-order valence-corrected chi connectivity index (χ0v) is 16.8. The molecule has 2 aromatic heterocycles. The first-order valence-electron chi connectivity index (χ1n) is 9.59. The number of methoxy groups -OCH3 is 1. The number of aromatic nitrogens is 4. The molecule has 0 aromatic carbocycles. The normalized spacial score (nSPS) is 19.8. The fourth-order valence-corrected chi connectivity index (χ4v) is 3.73. The number of carbonyl (C=O) groups is 1. The molecule has 2 fully saturated rings. The summed E-state index contributed by atoms with van der Waals surface area (Å²) in [5, 5.41) is 13.6. The Balaban J connectivity index is 1.48. The average molecular weight is 396 g/mol. The smallest absolute Gasteiger partial charge is 0.320 e. The van der Waals surface area contributed by atoms with E-state index in [0.29, 0.717) is 44.2 Å². The lowest BCUT2D eigenvalue weighted by Crippen LogP contribution is -2.63. The molecule has 0 radical (unpaired) electrons. The van der Waals surface area contributed by atoms with E-state index < -0.39 is 0 Å². The molecule has 2 aromatic rings. The van der Waals surface area contributed by atoms with Crippen molar-refractivity contribution in [2.45, 2.75) is 19.1 Å². The monoisotopic (exact) mass is 396 g/mol. The highest BCUT2D eigenvalue weighted by Crippen LogP contribution is 2.25. The molecule has 29 heavy (non-hydrogen) atoms. The highest BCUT2D eigenvalue weighted by atomic mass is 16.5. The molecule has 2 amide bonds. The Morgan fingerprint density at radius 1 is 1.28 bits per heavy atom. The first-order chi connectivity index (χ1) is 14.0. The molecule has 4 heterocycles. The zero-order chi connectivity index (χ0) is 20.5. The predicted octanol–water partition coefficient (Wildman–Crippen LogP) is 0.710. The molecule has 0 aliphatic carbocycles. The Kier molecular flexibility index (Phi) is 5.07. The molecule has 0 N–H and O–H groups in total. The zero-order valence-electron chi connectivity index (χ0n) is 16.8. The third kappa shape index (κ3) is 3.61. The van der Waals surface area contributed by atoms with Gasteiger partial charge < -0.3 is 19.4 Å². The van der Waals surface area contributed by atoms with E-state index in [1.54, 1.807) is 24.2 Å². The number of piperazine rings is 1. The molecule has 0 saturated carbocycles. The van der Waals surface area contributed by atoms with Gasteiger partial charge in [0.25, 0.3) is 0 Å². The second kappa shape index (κ2) is 7.67. The number of ether oxygens (including phenoxy) is 1. The first kappa shape index (κ1) is 19.1. The molecule has 4 rings (SSSR count). The number of carbonyl (C=O) groups excluding carboxylic acids is 1. The Hall–Kier alpha value is -3.19. The van der Waals surface area contributed by atoms with E-state index in [1.807, 2.05) is 30.0 Å². The SMILES string of the molecule is COC1CN(C(=O)N2CCN(c3cnc(C#N)c(-c4cnn(C)c4)n3)C[C@H]2C)C1. The summed E-state index contributed by atoms with van der Waals surface area (Å²) in [5.74, 6) is 0.699. The molecule has 152 valence electrons. The second-order valence-electron chi connectivity index (χ2n) is 7.47. The number of likely N-dealkylation sites (tertiary alicyclic amines) is 1. The Morgan fingerprint density at radius 2 is 2.07 bits per heavy atom. The number of nitrogens with zero attached hydrogens (tertiary/aromatic N) is 8.